The molecule has 0 spiro atoms. The van der Waals surface area contributed by atoms with Gasteiger partial charge in [-0.2, -0.15) is 0 Å². The second-order valence-corrected chi connectivity index (χ2v) is 5.79. The van der Waals surface area contributed by atoms with Gasteiger partial charge in [-0.1, -0.05) is 26.8 Å². The predicted octanol–water partition coefficient (Wildman–Crippen LogP) is 2.72. The van der Waals surface area contributed by atoms with Crippen molar-refractivity contribution >= 4 is 18.3 Å². The molecule has 20 heavy (non-hydrogen) atoms. The van der Waals surface area contributed by atoms with Gasteiger partial charge in [0.2, 0.25) is 5.91 Å². The molecule has 1 rings (SSSR count). The third-order valence-electron chi connectivity index (χ3n) is 2.98. The van der Waals surface area contributed by atoms with E-state index in [1.165, 1.54) is 11.0 Å². The van der Waals surface area contributed by atoms with Crippen LogP contribution in [0, 0.1) is 17.0 Å². The monoisotopic (exact) mass is 306 g/mol. The summed E-state index contributed by atoms with van der Waals surface area (Å²) < 4.78 is 25.9. The molecule has 0 fully saturated rings. The van der Waals surface area contributed by atoms with Crippen LogP contribution in [-0.4, -0.2) is 23.9 Å². The summed E-state index contributed by atoms with van der Waals surface area (Å²) in [5.74, 6) is -2.04. The second kappa shape index (κ2) is 6.99. The van der Waals surface area contributed by atoms with Crippen molar-refractivity contribution in [3.63, 3.8) is 0 Å². The number of hydrogen-bond donors (Lipinski definition) is 1. The zero-order chi connectivity index (χ0) is 14.8. The van der Waals surface area contributed by atoms with Crippen LogP contribution in [-0.2, 0) is 11.3 Å². The van der Waals surface area contributed by atoms with E-state index in [2.05, 4.69) is 0 Å². The number of rotatable bonds is 3. The van der Waals surface area contributed by atoms with Crippen LogP contribution in [0.15, 0.2) is 18.2 Å². The molecule has 3 nitrogen and oxygen atoms in total. The molecular weight excluding hydrogens is 286 g/mol. The molecule has 0 saturated heterocycles. The van der Waals surface area contributed by atoms with E-state index in [1.807, 2.05) is 20.8 Å². The molecule has 1 atom stereocenters. The van der Waals surface area contributed by atoms with Crippen molar-refractivity contribution in [3.05, 3.63) is 35.4 Å². The molecule has 114 valence electrons. The van der Waals surface area contributed by atoms with Gasteiger partial charge in [-0.3, -0.25) is 4.79 Å². The van der Waals surface area contributed by atoms with Crippen molar-refractivity contribution in [2.45, 2.75) is 33.4 Å². The first-order valence-electron chi connectivity index (χ1n) is 6.07. The maximum absolute atomic E-state index is 13.1. The lowest BCUT2D eigenvalue weighted by Gasteiger charge is -2.30. The minimum atomic E-state index is -0.918. The van der Waals surface area contributed by atoms with Gasteiger partial charge in [0.25, 0.3) is 0 Å². The van der Waals surface area contributed by atoms with Crippen molar-refractivity contribution in [1.82, 2.24) is 4.90 Å². The summed E-state index contributed by atoms with van der Waals surface area (Å²) in [4.78, 5) is 13.5. The van der Waals surface area contributed by atoms with E-state index in [0.29, 0.717) is 5.56 Å². The van der Waals surface area contributed by atoms with Crippen LogP contribution in [0.1, 0.15) is 26.3 Å². The Morgan fingerprint density at radius 3 is 2.30 bits per heavy atom. The highest BCUT2D eigenvalue weighted by Crippen LogP contribution is 2.19. The Morgan fingerprint density at radius 2 is 1.85 bits per heavy atom. The molecule has 2 N–H and O–H groups in total. The van der Waals surface area contributed by atoms with Crippen molar-refractivity contribution in [1.29, 1.82) is 0 Å². The highest BCUT2D eigenvalue weighted by Gasteiger charge is 2.29. The quantitative estimate of drug-likeness (QED) is 0.933. The van der Waals surface area contributed by atoms with E-state index in [1.54, 1.807) is 7.05 Å². The zero-order valence-electron chi connectivity index (χ0n) is 12.1. The first kappa shape index (κ1) is 18.8. The Morgan fingerprint density at radius 1 is 1.30 bits per heavy atom. The Kier molecular flexibility index (Phi) is 6.58. The highest BCUT2D eigenvalue weighted by molar-refractivity contribution is 5.85. The Hall–Kier alpha value is -1.20. The second-order valence-electron chi connectivity index (χ2n) is 5.79. The summed E-state index contributed by atoms with van der Waals surface area (Å²) in [5.41, 5.74) is 6.05. The van der Waals surface area contributed by atoms with Crippen LogP contribution >= 0.6 is 12.4 Å². The maximum Gasteiger partial charge on any atom is 0.240 e. The standard InChI is InChI=1S/C14H20F2N2O.ClH/c1-14(2,3)12(17)13(19)18(4)8-9-5-6-10(15)11(16)7-9;/h5-7,12H,8,17H2,1-4H3;1H/t12-;/m1./s1. The van der Waals surface area contributed by atoms with Crippen LogP contribution in [0.25, 0.3) is 0 Å². The molecule has 1 aromatic carbocycles. The Labute approximate surface area is 124 Å². The number of carbonyl (C=O) groups is 1. The third kappa shape index (κ3) is 4.72. The van der Waals surface area contributed by atoms with Gasteiger partial charge in [0.05, 0.1) is 6.04 Å². The molecule has 0 aliphatic carbocycles. The lowest BCUT2D eigenvalue weighted by Crippen LogP contribution is -2.48. The van der Waals surface area contributed by atoms with Crippen molar-refractivity contribution in [2.24, 2.45) is 11.1 Å². The number of halogens is 3. The number of benzene rings is 1. The van der Waals surface area contributed by atoms with Crippen LogP contribution < -0.4 is 5.73 Å². The number of carbonyl (C=O) groups excluding carboxylic acids is 1. The van der Waals surface area contributed by atoms with Gasteiger partial charge in [-0.25, -0.2) is 8.78 Å². The number of likely N-dealkylation sites (N-methyl/N-ethyl adjacent to an activating group) is 1. The zero-order valence-corrected chi connectivity index (χ0v) is 12.9. The van der Waals surface area contributed by atoms with E-state index >= 15 is 0 Å². The molecular formula is C14H21ClF2N2O. The van der Waals surface area contributed by atoms with E-state index in [4.69, 9.17) is 5.73 Å². The van der Waals surface area contributed by atoms with Crippen LogP contribution in [0.5, 0.6) is 0 Å². The molecule has 0 unspecified atom stereocenters. The summed E-state index contributed by atoms with van der Waals surface area (Å²) in [6.07, 6.45) is 0. The molecule has 0 heterocycles. The van der Waals surface area contributed by atoms with Crippen molar-refractivity contribution < 1.29 is 13.6 Å². The first-order chi connectivity index (χ1) is 8.62. The Bertz CT molecular complexity index is 475. The summed E-state index contributed by atoms with van der Waals surface area (Å²) >= 11 is 0. The van der Waals surface area contributed by atoms with Gasteiger partial charge in [-0.05, 0) is 23.1 Å². The van der Waals surface area contributed by atoms with Gasteiger partial charge < -0.3 is 10.6 Å². The lowest BCUT2D eigenvalue weighted by atomic mass is 9.86. The van der Waals surface area contributed by atoms with Gasteiger partial charge in [-0.15, -0.1) is 12.4 Å². The summed E-state index contributed by atoms with van der Waals surface area (Å²) in [6, 6.07) is 2.95. The number of hydrogen-bond acceptors (Lipinski definition) is 2. The smallest absolute Gasteiger partial charge is 0.240 e. The van der Waals surface area contributed by atoms with Crippen molar-refractivity contribution in [2.75, 3.05) is 7.05 Å². The topological polar surface area (TPSA) is 46.3 Å². The summed E-state index contributed by atoms with van der Waals surface area (Å²) in [6.45, 7) is 5.82. The van der Waals surface area contributed by atoms with Crippen LogP contribution in [0.4, 0.5) is 8.78 Å². The molecule has 0 aliphatic heterocycles. The summed E-state index contributed by atoms with van der Waals surface area (Å²) in [7, 11) is 1.59. The molecule has 0 saturated carbocycles. The fraction of sp³-hybridized carbons (Fsp3) is 0.500. The predicted molar refractivity (Wildman–Crippen MR) is 77.5 cm³/mol. The minimum absolute atomic E-state index is 0. The SMILES string of the molecule is CN(Cc1ccc(F)c(F)c1)C(=O)[C@@H](N)C(C)(C)C.Cl. The average molecular weight is 307 g/mol. The molecule has 0 aromatic heterocycles. The summed E-state index contributed by atoms with van der Waals surface area (Å²) in [5, 5.41) is 0. The number of nitrogens with two attached hydrogens (primary N) is 1. The van der Waals surface area contributed by atoms with E-state index in [0.717, 1.165) is 12.1 Å². The van der Waals surface area contributed by atoms with Crippen LogP contribution in [0.3, 0.4) is 0 Å². The molecule has 0 bridgehead atoms. The maximum atomic E-state index is 13.1. The lowest BCUT2D eigenvalue weighted by molar-refractivity contribution is -0.134. The normalized spacial score (nSPS) is 12.6. The molecule has 0 aliphatic rings. The van der Waals surface area contributed by atoms with E-state index < -0.39 is 17.7 Å². The number of amides is 1. The average Bonchev–Trinajstić information content (AvgIpc) is 2.30. The fourth-order valence-corrected chi connectivity index (χ4v) is 1.60. The van der Waals surface area contributed by atoms with E-state index in [-0.39, 0.29) is 30.3 Å². The third-order valence-corrected chi connectivity index (χ3v) is 2.98. The van der Waals surface area contributed by atoms with Gasteiger partial charge in [0.1, 0.15) is 0 Å². The fourth-order valence-electron chi connectivity index (χ4n) is 1.60. The molecule has 6 heteroatoms. The largest absolute Gasteiger partial charge is 0.340 e. The highest BCUT2D eigenvalue weighted by atomic mass is 35.5. The number of nitrogens with zero attached hydrogens (tertiary/aromatic N) is 1. The molecule has 1 aromatic rings. The molecule has 1 amide bonds. The van der Waals surface area contributed by atoms with Crippen LogP contribution in [0.2, 0.25) is 0 Å². The van der Waals surface area contributed by atoms with Crippen molar-refractivity contribution in [3.8, 4) is 0 Å². The minimum Gasteiger partial charge on any atom is -0.340 e. The van der Waals surface area contributed by atoms with Gasteiger partial charge in [0.15, 0.2) is 11.6 Å². The van der Waals surface area contributed by atoms with Gasteiger partial charge >= 0.3 is 0 Å². The van der Waals surface area contributed by atoms with Gasteiger partial charge in [0, 0.05) is 13.6 Å². The molecule has 0 radical (unpaired) electrons. The first-order valence-corrected chi connectivity index (χ1v) is 6.07. The van der Waals surface area contributed by atoms with E-state index in [9.17, 15) is 13.6 Å². The Balaban J connectivity index is 0.00000361.